The first-order valence-corrected chi connectivity index (χ1v) is 8.12. The molecular formula is C10H11ClN4O2S2. The van der Waals surface area contributed by atoms with Crippen molar-refractivity contribution in [3.05, 3.63) is 10.0 Å². The van der Waals surface area contributed by atoms with Crippen LogP contribution in [-0.2, 0) is 11.3 Å². The van der Waals surface area contributed by atoms with Crippen molar-refractivity contribution in [2.75, 3.05) is 11.5 Å². The average molecular weight is 319 g/mol. The Hall–Kier alpha value is -0.860. The molecule has 9 heteroatoms. The maximum atomic E-state index is 12.5. The van der Waals surface area contributed by atoms with E-state index in [1.165, 1.54) is 4.90 Å². The van der Waals surface area contributed by atoms with Crippen LogP contribution in [0.4, 0.5) is 4.79 Å². The second-order valence-corrected chi connectivity index (χ2v) is 7.09. The summed E-state index contributed by atoms with van der Waals surface area (Å²) < 4.78 is 4.12. The van der Waals surface area contributed by atoms with E-state index in [0.29, 0.717) is 22.9 Å². The van der Waals surface area contributed by atoms with Gasteiger partial charge in [-0.2, -0.15) is 11.8 Å². The molecule has 2 aliphatic rings. The minimum atomic E-state index is -0.710. The van der Waals surface area contributed by atoms with Crippen LogP contribution in [-0.4, -0.2) is 43.5 Å². The van der Waals surface area contributed by atoms with Crippen LogP contribution in [0.2, 0.25) is 4.34 Å². The number of aromatic nitrogens is 2. The number of carbonyl (C=O) groups is 2. The van der Waals surface area contributed by atoms with Gasteiger partial charge in [-0.1, -0.05) is 16.1 Å². The van der Waals surface area contributed by atoms with Crippen molar-refractivity contribution in [1.29, 1.82) is 0 Å². The molecule has 2 saturated heterocycles. The molecule has 0 atom stereocenters. The fourth-order valence-electron chi connectivity index (χ4n) is 2.32. The molecule has 0 radical (unpaired) electrons. The largest absolute Gasteiger partial charge is 0.325 e. The number of carbonyl (C=O) groups excluding carboxylic acids is 2. The zero-order valence-electron chi connectivity index (χ0n) is 9.89. The SMILES string of the molecule is O=C1NC2(CCSCC2)C(=O)N1Cc1nnsc1Cl. The standard InChI is InChI=1S/C10H11ClN4O2S2/c11-7-6(13-14-19-7)5-15-8(16)10(12-9(15)17)1-3-18-4-2-10/h1-5H2,(H,12,17). The molecule has 2 fully saturated rings. The fourth-order valence-corrected chi connectivity index (χ4v) is 4.12. The Bertz CT molecular complexity index is 529. The van der Waals surface area contributed by atoms with Crippen molar-refractivity contribution >= 4 is 46.8 Å². The number of nitrogens with zero attached hydrogens (tertiary/aromatic N) is 3. The molecule has 1 N–H and O–H groups in total. The van der Waals surface area contributed by atoms with E-state index >= 15 is 0 Å². The number of amides is 3. The number of thioether (sulfide) groups is 1. The molecule has 0 bridgehead atoms. The van der Waals surface area contributed by atoms with Crippen molar-refractivity contribution in [3.8, 4) is 0 Å². The van der Waals surface area contributed by atoms with Crippen LogP contribution in [0.3, 0.4) is 0 Å². The molecule has 1 aromatic rings. The highest BCUT2D eigenvalue weighted by atomic mass is 35.5. The van der Waals surface area contributed by atoms with Gasteiger partial charge in [-0.05, 0) is 24.3 Å². The molecule has 3 amide bonds. The van der Waals surface area contributed by atoms with Gasteiger partial charge in [0.2, 0.25) is 0 Å². The summed E-state index contributed by atoms with van der Waals surface area (Å²) in [6.45, 7) is 0.0922. The summed E-state index contributed by atoms with van der Waals surface area (Å²) in [6.07, 6.45) is 1.36. The van der Waals surface area contributed by atoms with E-state index in [2.05, 4.69) is 14.9 Å². The molecule has 3 rings (SSSR count). The summed E-state index contributed by atoms with van der Waals surface area (Å²) in [4.78, 5) is 25.7. The second kappa shape index (κ2) is 4.92. The van der Waals surface area contributed by atoms with Crippen LogP contribution >= 0.6 is 34.9 Å². The lowest BCUT2D eigenvalue weighted by Gasteiger charge is -2.30. The zero-order valence-corrected chi connectivity index (χ0v) is 12.3. The quantitative estimate of drug-likeness (QED) is 0.837. The van der Waals surface area contributed by atoms with E-state index in [4.69, 9.17) is 11.6 Å². The third-order valence-corrected chi connectivity index (χ3v) is 5.38. The van der Waals surface area contributed by atoms with Crippen LogP contribution in [0.1, 0.15) is 18.5 Å². The highest BCUT2D eigenvalue weighted by Crippen LogP contribution is 2.33. The molecule has 1 aromatic heterocycles. The monoisotopic (exact) mass is 318 g/mol. The number of hydrogen-bond acceptors (Lipinski definition) is 6. The average Bonchev–Trinajstić information content (AvgIpc) is 2.89. The van der Waals surface area contributed by atoms with Crippen molar-refractivity contribution < 1.29 is 9.59 Å². The second-order valence-electron chi connectivity index (χ2n) is 4.51. The first kappa shape index (κ1) is 13.1. The summed E-state index contributed by atoms with van der Waals surface area (Å²) in [7, 11) is 0. The molecule has 0 aliphatic carbocycles. The summed E-state index contributed by atoms with van der Waals surface area (Å²) >= 11 is 8.76. The highest BCUT2D eigenvalue weighted by molar-refractivity contribution is 7.99. The Morgan fingerprint density at radius 2 is 2.11 bits per heavy atom. The molecule has 6 nitrogen and oxygen atoms in total. The van der Waals surface area contributed by atoms with Gasteiger partial charge < -0.3 is 5.32 Å². The van der Waals surface area contributed by atoms with Gasteiger partial charge in [0.1, 0.15) is 15.6 Å². The summed E-state index contributed by atoms with van der Waals surface area (Å²) in [5.41, 5.74) is -0.240. The predicted octanol–water partition coefficient (Wildman–Crippen LogP) is 1.51. The third kappa shape index (κ3) is 2.21. The first-order chi connectivity index (χ1) is 9.12. The molecular weight excluding hydrogens is 308 g/mol. The molecule has 0 saturated carbocycles. The van der Waals surface area contributed by atoms with Crippen molar-refractivity contribution in [1.82, 2.24) is 19.8 Å². The molecule has 19 heavy (non-hydrogen) atoms. The number of imide groups is 1. The number of nitrogens with one attached hydrogen (secondary N) is 1. The molecule has 0 aromatic carbocycles. The Kier molecular flexibility index (Phi) is 3.40. The van der Waals surface area contributed by atoms with Crippen molar-refractivity contribution in [2.45, 2.75) is 24.9 Å². The first-order valence-electron chi connectivity index (χ1n) is 5.81. The van der Waals surface area contributed by atoms with E-state index in [1.807, 2.05) is 0 Å². The molecule has 102 valence electrons. The van der Waals surface area contributed by atoms with Gasteiger partial charge in [-0.15, -0.1) is 5.10 Å². The van der Waals surface area contributed by atoms with Gasteiger partial charge in [0.25, 0.3) is 5.91 Å². The summed E-state index contributed by atoms with van der Waals surface area (Å²) in [6, 6.07) is -0.360. The van der Waals surface area contributed by atoms with E-state index in [1.54, 1.807) is 11.8 Å². The Morgan fingerprint density at radius 3 is 2.74 bits per heavy atom. The van der Waals surface area contributed by atoms with Crippen LogP contribution in [0.25, 0.3) is 0 Å². The molecule has 3 heterocycles. The van der Waals surface area contributed by atoms with E-state index in [9.17, 15) is 9.59 Å². The lowest BCUT2D eigenvalue weighted by Crippen LogP contribution is -2.49. The van der Waals surface area contributed by atoms with Crippen LogP contribution < -0.4 is 5.32 Å². The number of halogens is 1. The van der Waals surface area contributed by atoms with E-state index in [0.717, 1.165) is 23.0 Å². The third-order valence-electron chi connectivity index (χ3n) is 3.41. The summed E-state index contributed by atoms with van der Waals surface area (Å²) in [5, 5.41) is 6.68. The van der Waals surface area contributed by atoms with Gasteiger partial charge in [0.15, 0.2) is 0 Å². The molecule has 2 aliphatic heterocycles. The van der Waals surface area contributed by atoms with Crippen molar-refractivity contribution in [3.63, 3.8) is 0 Å². The van der Waals surface area contributed by atoms with Crippen LogP contribution in [0, 0.1) is 0 Å². The fraction of sp³-hybridized carbons (Fsp3) is 0.600. The van der Waals surface area contributed by atoms with Crippen molar-refractivity contribution in [2.24, 2.45) is 0 Å². The van der Waals surface area contributed by atoms with Gasteiger partial charge >= 0.3 is 6.03 Å². The maximum absolute atomic E-state index is 12.5. The molecule has 0 unspecified atom stereocenters. The van der Waals surface area contributed by atoms with Gasteiger partial charge in [-0.3, -0.25) is 9.69 Å². The smallest absolute Gasteiger partial charge is 0.323 e. The number of rotatable bonds is 2. The Balaban J connectivity index is 1.81. The Morgan fingerprint density at radius 1 is 1.37 bits per heavy atom. The van der Waals surface area contributed by atoms with Gasteiger partial charge in [0.05, 0.1) is 6.54 Å². The van der Waals surface area contributed by atoms with E-state index < -0.39 is 5.54 Å². The lowest BCUT2D eigenvalue weighted by atomic mass is 9.92. The summed E-state index contributed by atoms with van der Waals surface area (Å²) in [5.74, 6) is 1.61. The van der Waals surface area contributed by atoms with Crippen LogP contribution in [0.15, 0.2) is 0 Å². The predicted molar refractivity (Wildman–Crippen MR) is 73.3 cm³/mol. The minimum absolute atomic E-state index is 0.0922. The maximum Gasteiger partial charge on any atom is 0.325 e. The van der Waals surface area contributed by atoms with E-state index in [-0.39, 0.29) is 18.5 Å². The minimum Gasteiger partial charge on any atom is -0.323 e. The van der Waals surface area contributed by atoms with Crippen LogP contribution in [0.5, 0.6) is 0 Å². The van der Waals surface area contributed by atoms with Gasteiger partial charge in [0, 0.05) is 11.5 Å². The molecule has 1 spiro atoms. The number of hydrogen-bond donors (Lipinski definition) is 1. The highest BCUT2D eigenvalue weighted by Gasteiger charge is 2.51. The lowest BCUT2D eigenvalue weighted by molar-refractivity contribution is -0.132. The zero-order chi connectivity index (χ0) is 13.5. The van der Waals surface area contributed by atoms with Gasteiger partial charge in [-0.25, -0.2) is 4.79 Å². The Labute approximate surface area is 123 Å². The normalized spacial score (nSPS) is 22.1. The topological polar surface area (TPSA) is 75.2 Å². The number of urea groups is 1.